The molecule has 1 aromatic carbocycles. The third kappa shape index (κ3) is 2.94. The normalized spacial score (nSPS) is 10.1. The van der Waals surface area contributed by atoms with Crippen LogP contribution in [0, 0.1) is 0 Å². The van der Waals surface area contributed by atoms with Crippen LogP contribution in [0.3, 0.4) is 0 Å². The lowest BCUT2D eigenvalue weighted by atomic mass is 10.0. The summed E-state index contributed by atoms with van der Waals surface area (Å²) in [6.07, 6.45) is 0.183. The highest BCUT2D eigenvalue weighted by Gasteiger charge is 2.16. The van der Waals surface area contributed by atoms with Crippen molar-refractivity contribution in [1.29, 1.82) is 0 Å². The molecule has 5 heteroatoms. The van der Waals surface area contributed by atoms with Gasteiger partial charge in [0.2, 0.25) is 0 Å². The van der Waals surface area contributed by atoms with E-state index in [4.69, 9.17) is 15.2 Å². The number of carbonyl (C=O) groups is 1. The topological polar surface area (TPSA) is 61.5 Å². The fourth-order valence-corrected chi connectivity index (χ4v) is 1.56. The Labute approximate surface area is 99.5 Å². The Morgan fingerprint density at radius 1 is 1.29 bits per heavy atom. The van der Waals surface area contributed by atoms with Crippen LogP contribution in [0.15, 0.2) is 12.1 Å². The van der Waals surface area contributed by atoms with E-state index in [1.54, 1.807) is 0 Å². The van der Waals surface area contributed by atoms with Gasteiger partial charge in [0.15, 0.2) is 17.3 Å². The molecule has 0 unspecified atom stereocenters. The molecule has 1 rings (SSSR count). The minimum Gasteiger partial charge on any atom is -0.493 e. The second kappa shape index (κ2) is 6.20. The van der Waals surface area contributed by atoms with Crippen LogP contribution in [-0.2, 0) is 6.67 Å². The van der Waals surface area contributed by atoms with Gasteiger partial charge in [0.1, 0.15) is 6.67 Å². The number of alkyl halides is 1. The number of methoxy groups -OCH3 is 2. The Morgan fingerprint density at radius 3 is 2.35 bits per heavy atom. The van der Waals surface area contributed by atoms with Crippen molar-refractivity contribution in [1.82, 2.24) is 0 Å². The van der Waals surface area contributed by atoms with E-state index in [-0.39, 0.29) is 18.7 Å². The Kier molecular flexibility index (Phi) is 4.90. The van der Waals surface area contributed by atoms with E-state index in [1.807, 2.05) is 0 Å². The zero-order chi connectivity index (χ0) is 12.8. The second-order valence-electron chi connectivity index (χ2n) is 3.46. The van der Waals surface area contributed by atoms with Gasteiger partial charge >= 0.3 is 0 Å². The zero-order valence-electron chi connectivity index (χ0n) is 9.96. The summed E-state index contributed by atoms with van der Waals surface area (Å²) in [5, 5.41) is 0. The number of hydrogen-bond acceptors (Lipinski definition) is 4. The molecule has 0 amide bonds. The Morgan fingerprint density at radius 2 is 1.88 bits per heavy atom. The molecule has 0 saturated heterocycles. The van der Waals surface area contributed by atoms with E-state index >= 15 is 0 Å². The molecule has 17 heavy (non-hydrogen) atoms. The molecular weight excluding hydrogens is 225 g/mol. The lowest BCUT2D eigenvalue weighted by molar-refractivity contribution is 0.0983. The van der Waals surface area contributed by atoms with Crippen molar-refractivity contribution in [3.63, 3.8) is 0 Å². The molecule has 0 heterocycles. The van der Waals surface area contributed by atoms with E-state index in [0.29, 0.717) is 22.6 Å². The number of Topliss-reactive ketones (excluding diaryl/α,β-unsaturated/α-hetero) is 1. The van der Waals surface area contributed by atoms with E-state index in [9.17, 15) is 9.18 Å². The van der Waals surface area contributed by atoms with Crippen LogP contribution >= 0.6 is 0 Å². The fraction of sp³-hybridized carbons (Fsp3) is 0.417. The number of nitrogens with two attached hydrogens (primary N) is 1. The van der Waals surface area contributed by atoms with Crippen molar-refractivity contribution >= 4 is 5.78 Å². The number of benzene rings is 1. The molecule has 0 fully saturated rings. The smallest absolute Gasteiger partial charge is 0.164 e. The highest BCUT2D eigenvalue weighted by molar-refractivity contribution is 5.98. The van der Waals surface area contributed by atoms with Crippen molar-refractivity contribution in [3.8, 4) is 11.5 Å². The Hall–Kier alpha value is -1.62. The molecule has 0 spiro atoms. The number of carbonyl (C=O) groups excluding carboxylic acids is 1. The third-order valence-electron chi connectivity index (χ3n) is 2.43. The van der Waals surface area contributed by atoms with Gasteiger partial charge in [0, 0.05) is 12.0 Å². The number of rotatable bonds is 6. The molecule has 4 nitrogen and oxygen atoms in total. The Balaban J connectivity index is 3.23. The summed E-state index contributed by atoms with van der Waals surface area (Å²) < 4.78 is 23.0. The molecule has 0 atom stereocenters. The van der Waals surface area contributed by atoms with Crippen LogP contribution in [-0.4, -0.2) is 26.5 Å². The highest BCUT2D eigenvalue weighted by atomic mass is 19.1. The quantitative estimate of drug-likeness (QED) is 0.770. The first-order valence-corrected chi connectivity index (χ1v) is 5.22. The first kappa shape index (κ1) is 13.4. The molecule has 94 valence electrons. The highest BCUT2D eigenvalue weighted by Crippen LogP contribution is 2.31. The van der Waals surface area contributed by atoms with Crippen LogP contribution < -0.4 is 15.2 Å². The average molecular weight is 241 g/mol. The Bertz CT molecular complexity index is 407. The summed E-state index contributed by atoms with van der Waals surface area (Å²) in [5.41, 5.74) is 5.91. The lowest BCUT2D eigenvalue weighted by Gasteiger charge is -2.12. The van der Waals surface area contributed by atoms with E-state index in [0.717, 1.165) is 0 Å². The molecule has 0 aliphatic rings. The molecular formula is C12H16FNO3. The lowest BCUT2D eigenvalue weighted by Crippen LogP contribution is -2.10. The third-order valence-corrected chi connectivity index (χ3v) is 2.43. The monoisotopic (exact) mass is 241 g/mol. The summed E-state index contributed by atoms with van der Waals surface area (Å²) in [6.45, 7) is -0.495. The summed E-state index contributed by atoms with van der Waals surface area (Å²) in [6, 6.07) is 2.97. The minimum atomic E-state index is -0.730. The van der Waals surface area contributed by atoms with Crippen molar-refractivity contribution in [3.05, 3.63) is 23.3 Å². The molecule has 2 N–H and O–H groups in total. The van der Waals surface area contributed by atoms with E-state index < -0.39 is 6.67 Å². The number of ether oxygens (including phenoxy) is 2. The number of ketones is 1. The maximum Gasteiger partial charge on any atom is 0.164 e. The van der Waals surface area contributed by atoms with E-state index in [2.05, 4.69) is 0 Å². The first-order chi connectivity index (χ1) is 8.17. The molecule has 0 bridgehead atoms. The predicted molar refractivity (Wildman–Crippen MR) is 62.4 cm³/mol. The van der Waals surface area contributed by atoms with Crippen LogP contribution in [0.4, 0.5) is 4.39 Å². The summed E-state index contributed by atoms with van der Waals surface area (Å²) in [5.74, 6) is 0.621. The van der Waals surface area contributed by atoms with E-state index in [1.165, 1.54) is 26.4 Å². The SMILES string of the molecule is COc1cc(CF)c(C(=O)CCN)cc1OC. The minimum absolute atomic E-state index is 0.183. The van der Waals surface area contributed by atoms with Crippen LogP contribution in [0.5, 0.6) is 11.5 Å². The molecule has 1 aromatic rings. The van der Waals surface area contributed by atoms with Crippen LogP contribution in [0.2, 0.25) is 0 Å². The second-order valence-corrected chi connectivity index (χ2v) is 3.46. The first-order valence-electron chi connectivity index (χ1n) is 5.22. The fourth-order valence-electron chi connectivity index (χ4n) is 1.56. The maximum atomic E-state index is 12.9. The predicted octanol–water partition coefficient (Wildman–Crippen LogP) is 1.70. The molecule has 0 saturated carbocycles. The molecule has 0 aromatic heterocycles. The van der Waals surface area contributed by atoms with Crippen molar-refractivity contribution in [2.75, 3.05) is 20.8 Å². The van der Waals surface area contributed by atoms with Crippen molar-refractivity contribution in [2.45, 2.75) is 13.1 Å². The molecule has 0 radical (unpaired) electrons. The van der Waals surface area contributed by atoms with Crippen molar-refractivity contribution < 1.29 is 18.7 Å². The number of halogens is 1. The van der Waals surface area contributed by atoms with Gasteiger partial charge in [-0.2, -0.15) is 0 Å². The van der Waals surface area contributed by atoms with Crippen LogP contribution in [0.25, 0.3) is 0 Å². The van der Waals surface area contributed by atoms with Crippen LogP contribution in [0.1, 0.15) is 22.3 Å². The average Bonchev–Trinajstić information content (AvgIpc) is 2.37. The largest absolute Gasteiger partial charge is 0.493 e. The summed E-state index contributed by atoms with van der Waals surface area (Å²) >= 11 is 0. The standard InChI is InChI=1S/C12H16FNO3/c1-16-11-5-8(7-13)9(6-12(11)17-2)10(15)3-4-14/h5-6H,3-4,7,14H2,1-2H3. The zero-order valence-corrected chi connectivity index (χ0v) is 9.96. The van der Waals surface area contributed by atoms with Gasteiger partial charge in [0.05, 0.1) is 14.2 Å². The van der Waals surface area contributed by atoms with Gasteiger partial charge in [-0.3, -0.25) is 4.79 Å². The van der Waals surface area contributed by atoms with Crippen molar-refractivity contribution in [2.24, 2.45) is 5.73 Å². The van der Waals surface area contributed by atoms with Gasteiger partial charge in [-0.25, -0.2) is 4.39 Å². The molecule has 0 aliphatic carbocycles. The van der Waals surface area contributed by atoms with Gasteiger partial charge in [0.25, 0.3) is 0 Å². The summed E-state index contributed by atoms with van der Waals surface area (Å²) in [4.78, 5) is 11.7. The molecule has 0 aliphatic heterocycles. The number of hydrogen-bond donors (Lipinski definition) is 1. The van der Waals surface area contributed by atoms with Gasteiger partial charge < -0.3 is 15.2 Å². The van der Waals surface area contributed by atoms with Gasteiger partial charge in [-0.15, -0.1) is 0 Å². The maximum absolute atomic E-state index is 12.9. The van der Waals surface area contributed by atoms with Gasteiger partial charge in [-0.1, -0.05) is 0 Å². The van der Waals surface area contributed by atoms with Gasteiger partial charge in [-0.05, 0) is 24.2 Å². The summed E-state index contributed by atoms with van der Waals surface area (Å²) in [7, 11) is 2.92.